The van der Waals surface area contributed by atoms with Gasteiger partial charge >= 0.3 is 0 Å². The summed E-state index contributed by atoms with van der Waals surface area (Å²) in [5.41, 5.74) is 1.06. The molecular formula is C18H27BrN6O. The second kappa shape index (κ2) is 13.1. The SMILES string of the molecule is C=C(Br)/C=N\N(C)/C(=C\C(=N/C)NCCCCO)NCc1cccnc1. The molecule has 0 aromatic carbocycles. The summed E-state index contributed by atoms with van der Waals surface area (Å²) in [6.07, 6.45) is 8.71. The second-order valence-electron chi connectivity index (χ2n) is 5.43. The van der Waals surface area contributed by atoms with Crippen molar-refractivity contribution in [1.82, 2.24) is 20.6 Å². The van der Waals surface area contributed by atoms with Crippen LogP contribution in [-0.2, 0) is 6.54 Å². The highest BCUT2D eigenvalue weighted by atomic mass is 79.9. The van der Waals surface area contributed by atoms with Crippen LogP contribution in [-0.4, -0.2) is 54.4 Å². The maximum absolute atomic E-state index is 8.87. The highest BCUT2D eigenvalue weighted by molar-refractivity contribution is 9.12. The molecule has 1 aromatic heterocycles. The minimum atomic E-state index is 0.196. The number of hydrogen-bond donors (Lipinski definition) is 3. The molecule has 1 heterocycles. The molecule has 0 aliphatic carbocycles. The lowest BCUT2D eigenvalue weighted by molar-refractivity contribution is 0.285. The van der Waals surface area contributed by atoms with E-state index < -0.39 is 0 Å². The molecule has 0 saturated heterocycles. The fourth-order valence-electron chi connectivity index (χ4n) is 1.94. The Hall–Kier alpha value is -2.19. The van der Waals surface area contributed by atoms with Crippen LogP contribution in [0.2, 0.25) is 0 Å². The molecule has 26 heavy (non-hydrogen) atoms. The number of halogens is 1. The van der Waals surface area contributed by atoms with Crippen molar-refractivity contribution in [3.8, 4) is 0 Å². The molecule has 142 valence electrons. The van der Waals surface area contributed by atoms with Crippen LogP contribution in [0.5, 0.6) is 0 Å². The minimum Gasteiger partial charge on any atom is -0.396 e. The number of hydrogen-bond acceptors (Lipinski definition) is 6. The Morgan fingerprint density at radius 3 is 2.85 bits per heavy atom. The standard InChI is InChI=1S/C18H27BrN6O/c1-15(19)12-24-25(3)18(23-14-16-7-6-8-21-13-16)11-17(20-2)22-9-4-5-10-26/h6-8,11-13,23,26H,1,4-5,9-10,14H2,2-3H3,(H,20,22)/b18-11-,24-12-. The number of nitrogens with zero attached hydrogens (tertiary/aromatic N) is 4. The van der Waals surface area contributed by atoms with Crippen LogP contribution in [0.25, 0.3) is 0 Å². The van der Waals surface area contributed by atoms with E-state index in [2.05, 4.69) is 48.2 Å². The number of hydrazone groups is 1. The first-order valence-electron chi connectivity index (χ1n) is 8.35. The normalized spacial score (nSPS) is 12.3. The predicted octanol–water partition coefficient (Wildman–Crippen LogP) is 2.23. The smallest absolute Gasteiger partial charge is 0.126 e. The van der Waals surface area contributed by atoms with Gasteiger partial charge in [0.2, 0.25) is 0 Å². The monoisotopic (exact) mass is 422 g/mol. The van der Waals surface area contributed by atoms with Gasteiger partial charge in [0.05, 0.1) is 6.21 Å². The third-order valence-corrected chi connectivity index (χ3v) is 3.53. The van der Waals surface area contributed by atoms with Gasteiger partial charge in [-0.25, -0.2) is 0 Å². The van der Waals surface area contributed by atoms with E-state index in [4.69, 9.17) is 5.11 Å². The fraction of sp³-hybridized carbons (Fsp3) is 0.389. The topological polar surface area (TPSA) is 85.1 Å². The molecule has 0 bridgehead atoms. The van der Waals surface area contributed by atoms with Crippen LogP contribution in [0.15, 0.2) is 57.6 Å². The maximum atomic E-state index is 8.87. The van der Waals surface area contributed by atoms with E-state index in [9.17, 15) is 0 Å². The molecule has 0 aliphatic rings. The van der Waals surface area contributed by atoms with E-state index in [1.54, 1.807) is 24.5 Å². The first-order valence-corrected chi connectivity index (χ1v) is 9.14. The van der Waals surface area contributed by atoms with Crippen LogP contribution in [0.3, 0.4) is 0 Å². The van der Waals surface area contributed by atoms with Crippen molar-refractivity contribution in [3.63, 3.8) is 0 Å². The Morgan fingerprint density at radius 2 is 2.23 bits per heavy atom. The summed E-state index contributed by atoms with van der Waals surface area (Å²) in [5, 5.41) is 21.5. The van der Waals surface area contributed by atoms with E-state index in [0.29, 0.717) is 11.0 Å². The Bertz CT molecular complexity index is 630. The van der Waals surface area contributed by atoms with Crippen LogP contribution >= 0.6 is 15.9 Å². The van der Waals surface area contributed by atoms with E-state index in [1.807, 2.05) is 31.5 Å². The van der Waals surface area contributed by atoms with Crippen molar-refractivity contribution < 1.29 is 5.11 Å². The molecule has 0 aliphatic heterocycles. The van der Waals surface area contributed by atoms with Crippen LogP contribution < -0.4 is 10.6 Å². The number of unbranched alkanes of at least 4 members (excludes halogenated alkanes) is 1. The Labute approximate surface area is 163 Å². The zero-order valence-corrected chi connectivity index (χ0v) is 16.9. The molecule has 0 amide bonds. The van der Waals surface area contributed by atoms with Gasteiger partial charge in [-0.05, 0) is 40.4 Å². The molecule has 7 nitrogen and oxygen atoms in total. The van der Waals surface area contributed by atoms with E-state index in [0.717, 1.165) is 36.6 Å². The molecule has 1 aromatic rings. The van der Waals surface area contributed by atoms with Gasteiger partial charge in [0.15, 0.2) is 0 Å². The van der Waals surface area contributed by atoms with Crippen molar-refractivity contribution in [2.75, 3.05) is 27.2 Å². The quantitative estimate of drug-likeness (QED) is 0.220. The highest BCUT2D eigenvalue weighted by Gasteiger charge is 2.06. The number of aliphatic hydroxyl groups excluding tert-OH is 1. The lowest BCUT2D eigenvalue weighted by Gasteiger charge is -2.20. The van der Waals surface area contributed by atoms with Crippen molar-refractivity contribution in [2.45, 2.75) is 19.4 Å². The second-order valence-corrected chi connectivity index (χ2v) is 6.44. The van der Waals surface area contributed by atoms with Crippen LogP contribution in [0.4, 0.5) is 0 Å². The number of rotatable bonds is 11. The number of aromatic nitrogens is 1. The first-order chi connectivity index (χ1) is 12.6. The highest BCUT2D eigenvalue weighted by Crippen LogP contribution is 2.04. The predicted molar refractivity (Wildman–Crippen MR) is 111 cm³/mol. The summed E-state index contributed by atoms with van der Waals surface area (Å²) in [4.78, 5) is 8.39. The molecule has 3 N–H and O–H groups in total. The lowest BCUT2D eigenvalue weighted by Crippen LogP contribution is -2.30. The van der Waals surface area contributed by atoms with E-state index in [-0.39, 0.29) is 6.61 Å². The summed E-state index contributed by atoms with van der Waals surface area (Å²) in [7, 11) is 3.57. The summed E-state index contributed by atoms with van der Waals surface area (Å²) < 4.78 is 0.683. The van der Waals surface area contributed by atoms with E-state index >= 15 is 0 Å². The van der Waals surface area contributed by atoms with Gasteiger partial charge in [0.25, 0.3) is 0 Å². The van der Waals surface area contributed by atoms with Gasteiger partial charge in [0, 0.05) is 56.7 Å². The average molecular weight is 423 g/mol. The Balaban J connectivity index is 2.84. The Kier molecular flexibility index (Phi) is 11.0. The largest absolute Gasteiger partial charge is 0.396 e. The maximum Gasteiger partial charge on any atom is 0.126 e. The Morgan fingerprint density at radius 1 is 1.42 bits per heavy atom. The summed E-state index contributed by atoms with van der Waals surface area (Å²) in [6.45, 7) is 5.30. The summed E-state index contributed by atoms with van der Waals surface area (Å²) in [5.74, 6) is 1.51. The number of allylic oxidation sites excluding steroid dienone is 1. The molecule has 0 unspecified atom stereocenters. The molecular weight excluding hydrogens is 396 g/mol. The molecule has 0 atom stereocenters. The van der Waals surface area contributed by atoms with Crippen molar-refractivity contribution >= 4 is 28.0 Å². The average Bonchev–Trinajstić information content (AvgIpc) is 2.65. The van der Waals surface area contributed by atoms with Gasteiger partial charge < -0.3 is 15.7 Å². The fourth-order valence-corrected chi connectivity index (χ4v) is 2.03. The van der Waals surface area contributed by atoms with Gasteiger partial charge in [-0.15, -0.1) is 0 Å². The third-order valence-electron chi connectivity index (χ3n) is 3.32. The molecule has 0 fully saturated rings. The molecule has 8 heteroatoms. The van der Waals surface area contributed by atoms with Crippen LogP contribution in [0.1, 0.15) is 18.4 Å². The number of aliphatic imine (C=N–C) groups is 1. The zero-order valence-electron chi connectivity index (χ0n) is 15.3. The van der Waals surface area contributed by atoms with Crippen LogP contribution in [0, 0.1) is 0 Å². The lowest BCUT2D eigenvalue weighted by atomic mass is 10.3. The molecule has 0 radical (unpaired) electrons. The molecule has 0 spiro atoms. The first kappa shape index (κ1) is 21.9. The van der Waals surface area contributed by atoms with Crippen molar-refractivity contribution in [1.29, 1.82) is 0 Å². The van der Waals surface area contributed by atoms with E-state index in [1.165, 1.54) is 0 Å². The number of nitrogens with one attached hydrogen (secondary N) is 2. The molecule has 0 saturated carbocycles. The number of pyridine rings is 1. The number of aliphatic hydroxyl groups is 1. The van der Waals surface area contributed by atoms with Gasteiger partial charge in [-0.2, -0.15) is 5.10 Å². The zero-order chi connectivity index (χ0) is 19.2. The summed E-state index contributed by atoms with van der Waals surface area (Å²) >= 11 is 3.27. The summed E-state index contributed by atoms with van der Waals surface area (Å²) in [6, 6.07) is 3.90. The molecule has 1 rings (SSSR count). The minimum absolute atomic E-state index is 0.196. The number of amidine groups is 1. The van der Waals surface area contributed by atoms with Gasteiger partial charge in [0.1, 0.15) is 11.7 Å². The van der Waals surface area contributed by atoms with Gasteiger partial charge in [-0.3, -0.25) is 15.0 Å². The van der Waals surface area contributed by atoms with Crippen molar-refractivity contribution in [3.05, 3.63) is 53.0 Å². The van der Waals surface area contributed by atoms with Gasteiger partial charge in [-0.1, -0.05) is 12.6 Å². The third kappa shape index (κ3) is 9.33. The van der Waals surface area contributed by atoms with Crippen molar-refractivity contribution in [2.24, 2.45) is 10.1 Å².